The van der Waals surface area contributed by atoms with E-state index in [1.807, 2.05) is 17.5 Å². The molecule has 0 aliphatic heterocycles. The van der Waals surface area contributed by atoms with Crippen LogP contribution in [0.15, 0.2) is 28.5 Å². The van der Waals surface area contributed by atoms with Gasteiger partial charge in [-0.15, -0.1) is 0 Å². The molecule has 4 heterocycles. The van der Waals surface area contributed by atoms with Gasteiger partial charge in [-0.3, -0.25) is 0 Å². The summed E-state index contributed by atoms with van der Waals surface area (Å²) in [4.78, 5) is 16.9. The molecule has 0 atom stereocenters. The van der Waals surface area contributed by atoms with Crippen LogP contribution in [0.1, 0.15) is 180 Å². The molecule has 54 heavy (non-hydrogen) atoms. The molecule has 0 N–H and O–H groups in total. The predicted octanol–water partition coefficient (Wildman–Crippen LogP) is 16.9. The van der Waals surface area contributed by atoms with Crippen molar-refractivity contribution in [3.8, 4) is 20.2 Å². The first kappa shape index (κ1) is 44.5. The quantitative estimate of drug-likeness (QED) is 0.0315. The summed E-state index contributed by atoms with van der Waals surface area (Å²) in [6.07, 6.45) is 32.0. The van der Waals surface area contributed by atoms with Gasteiger partial charge in [-0.2, -0.15) is 0 Å². The van der Waals surface area contributed by atoms with Gasteiger partial charge in [0.05, 0.1) is 0 Å². The average molecular weight is 960 g/mol. The third kappa shape index (κ3) is 12.0. The molecule has 0 radical (unpaired) electrons. The van der Waals surface area contributed by atoms with Crippen molar-refractivity contribution in [2.75, 3.05) is 0 Å². The number of allylic oxidation sites excluding steroid dienone is 1. The molecule has 3 nitrogen and oxygen atoms in total. The van der Waals surface area contributed by atoms with Crippen LogP contribution in [0.25, 0.3) is 36.8 Å². The Morgan fingerprint density at radius 2 is 1.09 bits per heavy atom. The molecule has 0 saturated carbocycles. The number of nitrogens with zero attached hydrogens (tertiary/aromatic N) is 3. The van der Waals surface area contributed by atoms with Crippen LogP contribution >= 0.6 is 50.3 Å². The van der Waals surface area contributed by atoms with E-state index in [2.05, 4.69) is 86.3 Å². The van der Waals surface area contributed by atoms with Crippen LogP contribution in [0.2, 0.25) is 14.8 Å². The zero-order valence-corrected chi connectivity index (χ0v) is 41.8. The summed E-state index contributed by atoms with van der Waals surface area (Å²) >= 11 is 6.74. The topological polar surface area (TPSA) is 38.7 Å². The standard InChI is InChI=1S/C43H61BrN3S3.3CH3.Sn/c1-5-9-13-17-21-31(22-18-14-10-6-2)27-33(28-32(23-19-15-11-7-3)24-20-16-12-8-4)38-34-25-26-48-41(34)42-35(38)29-37(49-42)36-30-45-43(44)40-39(36)46-50-47-40;;;;/h25,29-32H,5-24,27-28H2,1-4H3;3*1H3;. The van der Waals surface area contributed by atoms with Gasteiger partial charge in [0.25, 0.3) is 0 Å². The molecule has 1 aliphatic rings. The Hall–Kier alpha value is -0.611. The summed E-state index contributed by atoms with van der Waals surface area (Å²) < 4.78 is 11.9. The average Bonchev–Trinajstić information content (AvgIpc) is 3.95. The van der Waals surface area contributed by atoms with Gasteiger partial charge in [0.1, 0.15) is 0 Å². The summed E-state index contributed by atoms with van der Waals surface area (Å²) in [7, 11) is 0. The monoisotopic (exact) mass is 959 g/mol. The number of aromatic nitrogens is 3. The second kappa shape index (κ2) is 22.5. The first-order valence-corrected chi connectivity index (χ1v) is 35.1. The first-order chi connectivity index (χ1) is 26.2. The number of rotatable bonds is 26. The van der Waals surface area contributed by atoms with Crippen LogP contribution < -0.4 is 2.89 Å². The van der Waals surface area contributed by atoms with E-state index in [0.717, 1.165) is 33.0 Å². The van der Waals surface area contributed by atoms with Crippen LogP contribution in [0.4, 0.5) is 0 Å². The number of thiophene rings is 2. The summed E-state index contributed by atoms with van der Waals surface area (Å²) in [6.45, 7) is 9.42. The first-order valence-electron chi connectivity index (χ1n) is 22.0. The van der Waals surface area contributed by atoms with Crippen LogP contribution in [0.3, 0.4) is 0 Å². The van der Waals surface area contributed by atoms with Gasteiger partial charge < -0.3 is 0 Å². The minimum absolute atomic E-state index is 0.781. The van der Waals surface area contributed by atoms with E-state index in [9.17, 15) is 0 Å². The summed E-state index contributed by atoms with van der Waals surface area (Å²) in [5.74, 6) is 1.56. The fourth-order valence-corrected chi connectivity index (χ4v) is 17.3. The summed E-state index contributed by atoms with van der Waals surface area (Å²) in [5, 5.41) is 0. The summed E-state index contributed by atoms with van der Waals surface area (Å²) in [5.41, 5.74) is 9.52. The Morgan fingerprint density at radius 1 is 0.611 bits per heavy atom. The molecule has 298 valence electrons. The van der Waals surface area contributed by atoms with E-state index in [1.165, 1.54) is 168 Å². The SMILES string of the molecule is CCCCCCC(CCCCCC)CC(CC(CCCCCC)CCCCCC)=C1c2cc(-c3cnc(Br)c4nsnc34)sc2-c2s[c]([Sn]([CH3])([CH3])[CH3])cc21. The van der Waals surface area contributed by atoms with Gasteiger partial charge in [-0.25, -0.2) is 0 Å². The van der Waals surface area contributed by atoms with Crippen LogP contribution in [-0.2, 0) is 0 Å². The molecule has 4 aromatic heterocycles. The van der Waals surface area contributed by atoms with Crippen molar-refractivity contribution in [1.29, 1.82) is 0 Å². The van der Waals surface area contributed by atoms with Gasteiger partial charge in [0, 0.05) is 0 Å². The van der Waals surface area contributed by atoms with Crippen molar-refractivity contribution in [3.63, 3.8) is 0 Å². The molecule has 0 saturated heterocycles. The molecular formula is C46H70BrN3S3Sn. The third-order valence-electron chi connectivity index (χ3n) is 11.7. The molecule has 0 aromatic carbocycles. The van der Waals surface area contributed by atoms with Gasteiger partial charge >= 0.3 is 330 Å². The number of hydrogen-bond donors (Lipinski definition) is 0. The molecule has 0 spiro atoms. The van der Waals surface area contributed by atoms with E-state index in [-0.39, 0.29) is 0 Å². The summed E-state index contributed by atoms with van der Waals surface area (Å²) in [6, 6.07) is 5.25. The molecule has 5 rings (SSSR count). The van der Waals surface area contributed by atoms with E-state index in [4.69, 9.17) is 9.36 Å². The molecule has 0 fully saturated rings. The molecule has 1 aliphatic carbocycles. The zero-order valence-electron chi connectivity index (χ0n) is 34.9. The van der Waals surface area contributed by atoms with Crippen molar-refractivity contribution in [2.24, 2.45) is 11.8 Å². The van der Waals surface area contributed by atoms with E-state index in [0.29, 0.717) is 0 Å². The fourth-order valence-electron chi connectivity index (χ4n) is 8.56. The van der Waals surface area contributed by atoms with Crippen LogP contribution in [0.5, 0.6) is 0 Å². The maximum atomic E-state index is 4.79. The van der Waals surface area contributed by atoms with Gasteiger partial charge in [0.2, 0.25) is 0 Å². The number of halogens is 1. The molecule has 4 aromatic rings. The second-order valence-electron chi connectivity index (χ2n) is 17.4. The number of hydrogen-bond acceptors (Lipinski definition) is 6. The van der Waals surface area contributed by atoms with Crippen molar-refractivity contribution in [1.82, 2.24) is 13.7 Å². The molecular weight excluding hydrogens is 889 g/mol. The Balaban J connectivity index is 1.64. The number of pyridine rings is 1. The van der Waals surface area contributed by atoms with Crippen molar-refractivity contribution in [2.45, 2.75) is 184 Å². The maximum absolute atomic E-state index is 4.79. The number of unbranched alkanes of at least 4 members (excludes halogenated alkanes) is 12. The van der Waals surface area contributed by atoms with Crippen molar-refractivity contribution < 1.29 is 0 Å². The molecule has 0 bridgehead atoms. The van der Waals surface area contributed by atoms with Gasteiger partial charge in [-0.05, 0) is 0 Å². The molecule has 8 heteroatoms. The fraction of sp³-hybridized carbons (Fsp3) is 0.674. The Labute approximate surface area is 354 Å². The van der Waals surface area contributed by atoms with Crippen molar-refractivity contribution in [3.05, 3.63) is 39.6 Å². The molecule has 0 unspecified atom stereocenters. The normalized spacial score (nSPS) is 12.9. The van der Waals surface area contributed by atoms with Crippen LogP contribution in [-0.4, -0.2) is 32.1 Å². The zero-order chi connectivity index (χ0) is 38.5. The van der Waals surface area contributed by atoms with Gasteiger partial charge in [0.15, 0.2) is 0 Å². The van der Waals surface area contributed by atoms with E-state index >= 15 is 0 Å². The predicted molar refractivity (Wildman–Crippen MR) is 250 cm³/mol. The van der Waals surface area contributed by atoms with Gasteiger partial charge in [-0.1, -0.05) is 27.7 Å². The van der Waals surface area contributed by atoms with Crippen LogP contribution in [0, 0.1) is 11.8 Å². The third-order valence-corrected chi connectivity index (χ3v) is 24.8. The minimum atomic E-state index is -2.33. The van der Waals surface area contributed by atoms with Crippen molar-refractivity contribution >= 4 is 88.2 Å². The Bertz CT molecular complexity index is 1710. The molecule has 0 amide bonds. The van der Waals surface area contributed by atoms with E-state index < -0.39 is 18.4 Å². The second-order valence-corrected chi connectivity index (χ2v) is 36.2. The number of fused-ring (bicyclic) bond motifs is 4. The Kier molecular flexibility index (Phi) is 18.6. The van der Waals surface area contributed by atoms with E-state index in [1.54, 1.807) is 24.5 Å². The Morgan fingerprint density at radius 3 is 1.59 bits per heavy atom.